The Morgan fingerprint density at radius 2 is 1.10 bits per heavy atom. The van der Waals surface area contributed by atoms with Gasteiger partial charge in [0.05, 0.1) is 37.4 Å². The number of rotatable bonds is 15. The summed E-state index contributed by atoms with van der Waals surface area (Å²) in [5.41, 5.74) is -1.08. The van der Waals surface area contributed by atoms with Gasteiger partial charge in [-0.3, -0.25) is 0 Å². The molecule has 0 spiro atoms. The molecule has 0 rings (SSSR count). The van der Waals surface area contributed by atoms with Crippen LogP contribution in [-0.4, -0.2) is 90.4 Å². The topological polar surface area (TPSA) is 201 Å². The van der Waals surface area contributed by atoms with Crippen molar-refractivity contribution in [1.29, 1.82) is 0 Å². The molecule has 11 nitrogen and oxygen atoms in total. The second kappa shape index (κ2) is 23.6. The van der Waals surface area contributed by atoms with E-state index >= 15 is 0 Å². The molecular formula is C18H44O11P2. The molecule has 0 saturated heterocycles. The highest BCUT2D eigenvalue weighted by Gasteiger charge is 2.42. The highest BCUT2D eigenvalue weighted by atomic mass is 31.2. The predicted octanol–water partition coefficient (Wildman–Crippen LogP) is 0.747. The number of hydrogen-bond donors (Lipinski definition) is 9. The monoisotopic (exact) mass is 498 g/mol. The fourth-order valence-corrected chi connectivity index (χ4v) is 2.75. The van der Waals surface area contributed by atoms with Crippen molar-refractivity contribution in [2.45, 2.75) is 71.5 Å². The summed E-state index contributed by atoms with van der Waals surface area (Å²) >= 11 is 0. The molecule has 0 aliphatic carbocycles. The molecule has 31 heavy (non-hydrogen) atoms. The van der Waals surface area contributed by atoms with Crippen molar-refractivity contribution in [2.24, 2.45) is 11.3 Å². The fraction of sp³-hybridized carbons (Fsp3) is 1.00. The third kappa shape index (κ3) is 23.4. The van der Waals surface area contributed by atoms with E-state index in [1.165, 1.54) is 25.7 Å². The highest BCUT2D eigenvalue weighted by molar-refractivity contribution is 7.38. The minimum Gasteiger partial charge on any atom is -0.396 e. The van der Waals surface area contributed by atoms with Crippen molar-refractivity contribution in [3.63, 3.8) is 0 Å². The van der Waals surface area contributed by atoms with Crippen molar-refractivity contribution in [1.82, 2.24) is 0 Å². The van der Waals surface area contributed by atoms with Gasteiger partial charge >= 0.3 is 17.2 Å². The maximum Gasteiger partial charge on any atom is 0.324 e. The molecule has 9 N–H and O–H groups in total. The maximum atomic E-state index is 9.58. The standard InChI is InChI=1S/C18H38O5.2H3O3P/c1-15(2)10-8-6-5-7-9-11-23-17(16(3)22-4)18(12-19,13-20)14-21;2*1-4(2)3/h15-17,19-21H,5-14H2,1-4H3;2*1-3H. The molecule has 0 aromatic heterocycles. The van der Waals surface area contributed by atoms with Gasteiger partial charge in [0.25, 0.3) is 0 Å². The molecule has 13 heteroatoms. The summed E-state index contributed by atoms with van der Waals surface area (Å²) in [6, 6.07) is 0. The molecule has 0 heterocycles. The average molecular weight is 498 g/mol. The van der Waals surface area contributed by atoms with Gasteiger partial charge in [0.1, 0.15) is 0 Å². The number of ether oxygens (including phenoxy) is 2. The first kappa shape index (κ1) is 36.0. The van der Waals surface area contributed by atoms with E-state index in [0.717, 1.165) is 18.8 Å². The average Bonchev–Trinajstić information content (AvgIpc) is 2.68. The van der Waals surface area contributed by atoms with Crippen molar-refractivity contribution < 1.29 is 54.2 Å². The van der Waals surface area contributed by atoms with Crippen LogP contribution in [0.1, 0.15) is 59.3 Å². The Kier molecular flexibility index (Phi) is 27.4. The zero-order valence-electron chi connectivity index (χ0n) is 19.0. The summed E-state index contributed by atoms with van der Waals surface area (Å²) in [5, 5.41) is 28.7. The first-order chi connectivity index (χ1) is 14.4. The first-order valence-electron chi connectivity index (χ1n) is 10.1. The number of aliphatic hydroxyl groups excluding tert-OH is 3. The van der Waals surface area contributed by atoms with E-state index in [1.54, 1.807) is 7.11 Å². The van der Waals surface area contributed by atoms with Gasteiger partial charge in [-0.15, -0.1) is 0 Å². The van der Waals surface area contributed by atoms with Crippen molar-refractivity contribution in [3.05, 3.63) is 0 Å². The van der Waals surface area contributed by atoms with E-state index in [1.807, 2.05) is 6.92 Å². The molecular weight excluding hydrogens is 454 g/mol. The third-order valence-corrected chi connectivity index (χ3v) is 4.57. The zero-order valence-corrected chi connectivity index (χ0v) is 20.8. The minimum atomic E-state index is -2.62. The van der Waals surface area contributed by atoms with Crippen LogP contribution in [0.15, 0.2) is 0 Å². The first-order valence-corrected chi connectivity index (χ1v) is 12.5. The molecule has 0 fully saturated rings. The van der Waals surface area contributed by atoms with Crippen molar-refractivity contribution in [2.75, 3.05) is 33.5 Å². The van der Waals surface area contributed by atoms with E-state index in [9.17, 15) is 15.3 Å². The van der Waals surface area contributed by atoms with E-state index in [2.05, 4.69) is 13.8 Å². The quantitative estimate of drug-likeness (QED) is 0.114. The molecule has 0 radical (unpaired) electrons. The van der Waals surface area contributed by atoms with Gasteiger partial charge in [0.15, 0.2) is 0 Å². The highest BCUT2D eigenvalue weighted by Crippen LogP contribution is 2.27. The lowest BCUT2D eigenvalue weighted by molar-refractivity contribution is -0.159. The van der Waals surface area contributed by atoms with E-state index < -0.39 is 28.7 Å². The minimum absolute atomic E-state index is 0.313. The predicted molar refractivity (Wildman–Crippen MR) is 120 cm³/mol. The number of unbranched alkanes of at least 4 members (excludes halogenated alkanes) is 4. The lowest BCUT2D eigenvalue weighted by Crippen LogP contribution is -2.52. The normalized spacial score (nSPS) is 13.5. The largest absolute Gasteiger partial charge is 0.396 e. The molecule has 0 amide bonds. The smallest absolute Gasteiger partial charge is 0.324 e. The molecule has 0 aromatic rings. The van der Waals surface area contributed by atoms with Gasteiger partial charge in [-0.05, 0) is 19.3 Å². The maximum absolute atomic E-state index is 9.58. The van der Waals surface area contributed by atoms with Crippen molar-refractivity contribution in [3.8, 4) is 0 Å². The zero-order chi connectivity index (χ0) is 24.9. The van der Waals surface area contributed by atoms with Crippen LogP contribution in [0.3, 0.4) is 0 Å². The van der Waals surface area contributed by atoms with Crippen LogP contribution in [0, 0.1) is 11.3 Å². The van der Waals surface area contributed by atoms with Gasteiger partial charge in [-0.1, -0.05) is 46.0 Å². The Labute approximate surface area is 188 Å². The van der Waals surface area contributed by atoms with Gasteiger partial charge in [0, 0.05) is 13.7 Å². The third-order valence-electron chi connectivity index (χ3n) is 4.57. The molecule has 2 atom stereocenters. The molecule has 2 unspecified atom stereocenters. The summed E-state index contributed by atoms with van der Waals surface area (Å²) in [6.45, 7) is 5.85. The summed E-state index contributed by atoms with van der Waals surface area (Å²) in [7, 11) is -3.68. The van der Waals surface area contributed by atoms with E-state index in [4.69, 9.17) is 38.8 Å². The van der Waals surface area contributed by atoms with Gasteiger partial charge < -0.3 is 54.2 Å². The summed E-state index contributed by atoms with van der Waals surface area (Å²) < 4.78 is 11.2. The number of aliphatic hydroxyl groups is 3. The number of methoxy groups -OCH3 is 1. The lowest BCUT2D eigenvalue weighted by Gasteiger charge is -2.39. The Morgan fingerprint density at radius 3 is 1.45 bits per heavy atom. The van der Waals surface area contributed by atoms with Crippen LogP contribution in [0.4, 0.5) is 0 Å². The van der Waals surface area contributed by atoms with Gasteiger partial charge in [-0.25, -0.2) is 0 Å². The lowest BCUT2D eigenvalue weighted by atomic mass is 9.81. The number of hydrogen-bond acceptors (Lipinski definition) is 11. The Balaban J connectivity index is -0.000000832. The SMILES string of the molecule is COC(C)C(OCCCCCCCC(C)C)C(CO)(CO)CO.OP(O)O.OP(O)O. The molecule has 0 aliphatic rings. The molecule has 0 bridgehead atoms. The summed E-state index contributed by atoms with van der Waals surface area (Å²) in [5.74, 6) is 0.776. The van der Waals surface area contributed by atoms with Crippen LogP contribution >= 0.6 is 17.2 Å². The van der Waals surface area contributed by atoms with E-state index in [-0.39, 0.29) is 25.9 Å². The van der Waals surface area contributed by atoms with E-state index in [0.29, 0.717) is 6.61 Å². The molecule has 0 saturated carbocycles. The Morgan fingerprint density at radius 1 is 0.710 bits per heavy atom. The van der Waals surface area contributed by atoms with Crippen LogP contribution in [-0.2, 0) is 9.47 Å². The van der Waals surface area contributed by atoms with Crippen LogP contribution in [0.5, 0.6) is 0 Å². The van der Waals surface area contributed by atoms with Crippen LogP contribution in [0.2, 0.25) is 0 Å². The van der Waals surface area contributed by atoms with Crippen LogP contribution in [0.25, 0.3) is 0 Å². The van der Waals surface area contributed by atoms with Gasteiger partial charge in [0.2, 0.25) is 0 Å². The molecule has 192 valence electrons. The molecule has 0 aliphatic heterocycles. The summed E-state index contributed by atoms with van der Waals surface area (Å²) in [4.78, 5) is 43.4. The second-order valence-corrected chi connectivity index (χ2v) is 8.63. The Hall–Kier alpha value is 0.420. The van der Waals surface area contributed by atoms with Gasteiger partial charge in [-0.2, -0.15) is 0 Å². The molecule has 0 aromatic carbocycles. The van der Waals surface area contributed by atoms with Crippen LogP contribution < -0.4 is 0 Å². The fourth-order valence-electron chi connectivity index (χ4n) is 2.75. The second-order valence-electron chi connectivity index (χ2n) is 7.56. The Bertz CT molecular complexity index is 340. The summed E-state index contributed by atoms with van der Waals surface area (Å²) in [6.07, 6.45) is 6.22. The van der Waals surface area contributed by atoms with Crippen molar-refractivity contribution >= 4 is 17.2 Å².